The van der Waals surface area contributed by atoms with Crippen molar-refractivity contribution in [3.05, 3.63) is 62.3 Å². The van der Waals surface area contributed by atoms with Crippen molar-refractivity contribution in [3.8, 4) is 0 Å². The summed E-state index contributed by atoms with van der Waals surface area (Å²) in [5.41, 5.74) is 3.21. The minimum absolute atomic E-state index is 0.128. The summed E-state index contributed by atoms with van der Waals surface area (Å²) in [6.45, 7) is 2.38. The predicted molar refractivity (Wildman–Crippen MR) is 97.5 cm³/mol. The molecule has 132 valence electrons. The van der Waals surface area contributed by atoms with E-state index >= 15 is 0 Å². The van der Waals surface area contributed by atoms with E-state index in [1.54, 1.807) is 22.0 Å². The number of oxazole rings is 1. The summed E-state index contributed by atoms with van der Waals surface area (Å²) in [5.74, 6) is -0.379. The molecule has 0 amide bonds. The van der Waals surface area contributed by atoms with Crippen molar-refractivity contribution in [3.63, 3.8) is 0 Å². The second kappa shape index (κ2) is 5.91. The first kappa shape index (κ1) is 15.5. The SMILES string of the molecule is Cc1nc2c(s1)CCC[C@@H]2n1cc(Cn2c(=O)oc3ccccc32)nn1. The van der Waals surface area contributed by atoms with Crippen molar-refractivity contribution in [2.24, 2.45) is 0 Å². The molecule has 0 unspecified atom stereocenters. The molecule has 3 aromatic heterocycles. The molecule has 0 saturated carbocycles. The Labute approximate surface area is 152 Å². The molecule has 26 heavy (non-hydrogen) atoms. The zero-order valence-corrected chi connectivity index (χ0v) is 15.1. The number of para-hydroxylation sites is 2. The van der Waals surface area contributed by atoms with Gasteiger partial charge in [-0.15, -0.1) is 16.4 Å². The van der Waals surface area contributed by atoms with E-state index in [9.17, 15) is 4.79 Å². The molecule has 5 rings (SSSR count). The molecule has 0 N–H and O–H groups in total. The second-order valence-corrected chi connectivity index (χ2v) is 7.85. The number of nitrogens with zero attached hydrogens (tertiary/aromatic N) is 5. The van der Waals surface area contributed by atoms with Crippen LogP contribution in [0.25, 0.3) is 11.1 Å². The summed E-state index contributed by atoms with van der Waals surface area (Å²) < 4.78 is 8.76. The molecular formula is C18H17N5O2S. The Morgan fingerprint density at radius 1 is 1.35 bits per heavy atom. The number of fused-ring (bicyclic) bond motifs is 2. The van der Waals surface area contributed by atoms with Crippen LogP contribution >= 0.6 is 11.3 Å². The van der Waals surface area contributed by atoms with Crippen LogP contribution in [-0.4, -0.2) is 24.5 Å². The average molecular weight is 367 g/mol. The Hall–Kier alpha value is -2.74. The molecule has 0 saturated heterocycles. The minimum Gasteiger partial charge on any atom is -0.408 e. The standard InChI is InChI=1S/C18H17N5O2S/c1-11-19-17-14(6-4-8-16(17)26-11)23-10-12(20-21-23)9-22-13-5-2-3-7-15(13)25-18(22)24/h2-3,5,7,10,14H,4,6,8-9H2,1H3/t14-/m0/s1. The van der Waals surface area contributed by atoms with E-state index < -0.39 is 0 Å². The summed E-state index contributed by atoms with van der Waals surface area (Å²) in [4.78, 5) is 18.2. The lowest BCUT2D eigenvalue weighted by Gasteiger charge is -2.20. The first-order valence-electron chi connectivity index (χ1n) is 8.64. The van der Waals surface area contributed by atoms with Gasteiger partial charge in [-0.25, -0.2) is 14.5 Å². The molecule has 0 aliphatic heterocycles. The third-order valence-corrected chi connectivity index (χ3v) is 5.85. The highest BCUT2D eigenvalue weighted by molar-refractivity contribution is 7.11. The Balaban J connectivity index is 1.48. The molecule has 1 aliphatic rings. The van der Waals surface area contributed by atoms with Crippen LogP contribution in [0, 0.1) is 6.92 Å². The van der Waals surface area contributed by atoms with Crippen LogP contribution in [0.3, 0.4) is 0 Å². The molecule has 1 aromatic carbocycles. The fraction of sp³-hybridized carbons (Fsp3) is 0.333. The molecule has 1 atom stereocenters. The number of hydrogen-bond acceptors (Lipinski definition) is 6. The molecule has 1 aliphatic carbocycles. The number of hydrogen-bond donors (Lipinski definition) is 0. The molecule has 0 spiro atoms. The van der Waals surface area contributed by atoms with Crippen LogP contribution in [0.5, 0.6) is 0 Å². The maximum Gasteiger partial charge on any atom is 0.420 e. The molecular weight excluding hydrogens is 350 g/mol. The normalized spacial score (nSPS) is 16.9. The molecule has 0 fully saturated rings. The molecule has 3 heterocycles. The van der Waals surface area contributed by atoms with Gasteiger partial charge in [0.1, 0.15) is 5.69 Å². The highest BCUT2D eigenvalue weighted by Gasteiger charge is 2.26. The van der Waals surface area contributed by atoms with Crippen molar-refractivity contribution < 1.29 is 4.42 Å². The van der Waals surface area contributed by atoms with Crippen molar-refractivity contribution in [1.82, 2.24) is 24.5 Å². The van der Waals surface area contributed by atoms with E-state index in [2.05, 4.69) is 10.3 Å². The van der Waals surface area contributed by atoms with Crippen molar-refractivity contribution in [2.75, 3.05) is 0 Å². The largest absolute Gasteiger partial charge is 0.420 e. The summed E-state index contributed by atoms with van der Waals surface area (Å²) in [5, 5.41) is 9.70. The van der Waals surface area contributed by atoms with E-state index in [1.807, 2.05) is 36.0 Å². The third kappa shape index (κ3) is 2.48. The summed E-state index contributed by atoms with van der Waals surface area (Å²) in [6.07, 6.45) is 5.14. The zero-order valence-electron chi connectivity index (χ0n) is 14.3. The van der Waals surface area contributed by atoms with Crippen LogP contribution in [0.15, 0.2) is 39.7 Å². The Kier molecular flexibility index (Phi) is 3.53. The van der Waals surface area contributed by atoms with Gasteiger partial charge in [0.05, 0.1) is 35.0 Å². The van der Waals surface area contributed by atoms with Crippen molar-refractivity contribution >= 4 is 22.4 Å². The minimum atomic E-state index is -0.379. The van der Waals surface area contributed by atoms with Crippen LogP contribution in [0.2, 0.25) is 0 Å². The first-order valence-corrected chi connectivity index (χ1v) is 9.46. The predicted octanol–water partition coefficient (Wildman–Crippen LogP) is 2.92. The summed E-state index contributed by atoms with van der Waals surface area (Å²) in [6, 6.07) is 7.53. The Bertz CT molecular complexity index is 1150. The van der Waals surface area contributed by atoms with Gasteiger partial charge in [0.15, 0.2) is 5.58 Å². The van der Waals surface area contributed by atoms with Crippen LogP contribution in [0.1, 0.15) is 40.2 Å². The van der Waals surface area contributed by atoms with Crippen molar-refractivity contribution in [1.29, 1.82) is 0 Å². The number of thiazole rings is 1. The van der Waals surface area contributed by atoms with E-state index in [1.165, 1.54) is 4.88 Å². The van der Waals surface area contributed by atoms with Gasteiger partial charge in [0, 0.05) is 4.88 Å². The number of aromatic nitrogens is 5. The van der Waals surface area contributed by atoms with Crippen molar-refractivity contribution in [2.45, 2.75) is 38.8 Å². The lowest BCUT2D eigenvalue weighted by Crippen LogP contribution is -2.17. The summed E-state index contributed by atoms with van der Waals surface area (Å²) in [7, 11) is 0. The average Bonchev–Trinajstić information content (AvgIpc) is 3.32. The molecule has 7 nitrogen and oxygen atoms in total. The second-order valence-electron chi connectivity index (χ2n) is 6.56. The van der Waals surface area contributed by atoms with Crippen LogP contribution in [-0.2, 0) is 13.0 Å². The van der Waals surface area contributed by atoms with Gasteiger partial charge in [-0.3, -0.25) is 4.57 Å². The fourth-order valence-corrected chi connectivity index (χ4v) is 4.67. The third-order valence-electron chi connectivity index (χ3n) is 4.80. The first-order chi connectivity index (χ1) is 12.7. The van der Waals surface area contributed by atoms with E-state index in [0.29, 0.717) is 12.1 Å². The maximum atomic E-state index is 12.2. The van der Waals surface area contributed by atoms with Gasteiger partial charge < -0.3 is 4.42 Å². The summed E-state index contributed by atoms with van der Waals surface area (Å²) >= 11 is 1.77. The molecule has 0 radical (unpaired) electrons. The van der Waals surface area contributed by atoms with Gasteiger partial charge in [-0.2, -0.15) is 0 Å². The lowest BCUT2D eigenvalue weighted by molar-refractivity contribution is 0.434. The monoisotopic (exact) mass is 367 g/mol. The van der Waals surface area contributed by atoms with Gasteiger partial charge in [-0.1, -0.05) is 17.3 Å². The maximum absolute atomic E-state index is 12.2. The highest BCUT2D eigenvalue weighted by atomic mass is 32.1. The van der Waals surface area contributed by atoms with Gasteiger partial charge in [-0.05, 0) is 38.3 Å². The number of aryl methyl sites for hydroxylation is 2. The topological polar surface area (TPSA) is 78.7 Å². The Morgan fingerprint density at radius 3 is 3.15 bits per heavy atom. The Morgan fingerprint density at radius 2 is 2.23 bits per heavy atom. The van der Waals surface area contributed by atoms with E-state index in [4.69, 9.17) is 9.40 Å². The fourth-order valence-electron chi connectivity index (χ4n) is 3.64. The molecule has 4 aromatic rings. The number of rotatable bonds is 3. The van der Waals surface area contributed by atoms with E-state index in [-0.39, 0.29) is 11.8 Å². The molecule has 0 bridgehead atoms. The lowest BCUT2D eigenvalue weighted by atomic mass is 9.98. The van der Waals surface area contributed by atoms with Gasteiger partial charge in [0.2, 0.25) is 0 Å². The van der Waals surface area contributed by atoms with E-state index in [0.717, 1.165) is 41.2 Å². The quantitative estimate of drug-likeness (QED) is 0.556. The number of benzene rings is 1. The highest BCUT2D eigenvalue weighted by Crippen LogP contribution is 2.35. The molecule has 8 heteroatoms. The van der Waals surface area contributed by atoms with Crippen LogP contribution in [0.4, 0.5) is 0 Å². The van der Waals surface area contributed by atoms with Crippen LogP contribution < -0.4 is 5.76 Å². The van der Waals surface area contributed by atoms with Gasteiger partial charge in [0.25, 0.3) is 0 Å². The van der Waals surface area contributed by atoms with Gasteiger partial charge >= 0.3 is 5.76 Å². The zero-order chi connectivity index (χ0) is 17.7. The smallest absolute Gasteiger partial charge is 0.408 e.